The van der Waals surface area contributed by atoms with E-state index in [1.54, 1.807) is 27.8 Å². The first-order valence-electron chi connectivity index (χ1n) is 10.9. The maximum absolute atomic E-state index is 13.3. The van der Waals surface area contributed by atoms with Crippen molar-refractivity contribution in [3.63, 3.8) is 0 Å². The number of ether oxygens (including phenoxy) is 1. The number of carbonyl (C=O) groups excluding carboxylic acids is 1. The number of aromatic nitrogens is 2. The van der Waals surface area contributed by atoms with E-state index in [-0.39, 0.29) is 34.9 Å². The van der Waals surface area contributed by atoms with Crippen LogP contribution in [0, 0.1) is 5.92 Å². The Bertz CT molecular complexity index is 978. The molecule has 0 aliphatic carbocycles. The maximum Gasteiger partial charge on any atom is 0.228 e. The first-order chi connectivity index (χ1) is 14.7. The van der Waals surface area contributed by atoms with Gasteiger partial charge in [0, 0.05) is 18.6 Å². The van der Waals surface area contributed by atoms with E-state index < -0.39 is 9.84 Å². The summed E-state index contributed by atoms with van der Waals surface area (Å²) in [5.41, 5.74) is 1.43. The summed E-state index contributed by atoms with van der Waals surface area (Å²) in [6, 6.07) is 9.10. The van der Waals surface area contributed by atoms with Gasteiger partial charge < -0.3 is 14.2 Å². The van der Waals surface area contributed by atoms with Crippen molar-refractivity contribution in [1.82, 2.24) is 14.5 Å². The lowest BCUT2D eigenvalue weighted by Gasteiger charge is -2.29. The highest BCUT2D eigenvalue weighted by atomic mass is 32.2. The smallest absolute Gasteiger partial charge is 0.228 e. The second-order valence-electron chi connectivity index (χ2n) is 8.74. The lowest BCUT2D eigenvalue weighted by Crippen LogP contribution is -2.39. The summed E-state index contributed by atoms with van der Waals surface area (Å²) in [6.45, 7) is 9.09. The third-order valence-corrected chi connectivity index (χ3v) is 7.12. The fourth-order valence-electron chi connectivity index (χ4n) is 3.83. The Labute approximate surface area is 185 Å². The molecule has 1 aromatic heterocycles. The van der Waals surface area contributed by atoms with E-state index in [1.807, 2.05) is 45.9 Å². The van der Waals surface area contributed by atoms with Crippen LogP contribution >= 0.6 is 0 Å². The molecule has 31 heavy (non-hydrogen) atoms. The Balaban J connectivity index is 1.96. The van der Waals surface area contributed by atoms with Crippen molar-refractivity contribution >= 4 is 15.7 Å². The number of rotatable bonds is 9. The van der Waals surface area contributed by atoms with Gasteiger partial charge in [0.2, 0.25) is 20.9 Å². The van der Waals surface area contributed by atoms with Crippen molar-refractivity contribution in [1.29, 1.82) is 0 Å². The minimum Gasteiger partial charge on any atom is -0.376 e. The summed E-state index contributed by atoms with van der Waals surface area (Å²) >= 11 is 0. The number of hydrogen-bond donors (Lipinski definition) is 0. The summed E-state index contributed by atoms with van der Waals surface area (Å²) in [7, 11) is -3.66. The van der Waals surface area contributed by atoms with Crippen LogP contribution in [0.25, 0.3) is 0 Å². The lowest BCUT2D eigenvalue weighted by atomic mass is 10.1. The molecule has 0 saturated carbocycles. The van der Waals surface area contributed by atoms with Crippen LogP contribution in [-0.4, -0.2) is 47.5 Å². The first kappa shape index (κ1) is 23.5. The van der Waals surface area contributed by atoms with E-state index in [0.29, 0.717) is 25.4 Å². The van der Waals surface area contributed by atoms with Crippen LogP contribution in [0.4, 0.5) is 0 Å². The third kappa shape index (κ3) is 5.74. The maximum atomic E-state index is 13.3. The molecule has 0 unspecified atom stereocenters. The SMILES string of the molecule is CC(C)C(=O)N(Cc1cnc(S(=O)(=O)Cc2ccccc2)n1C[C@H]1CCCO1)C(C)C. The van der Waals surface area contributed by atoms with Gasteiger partial charge in [0.05, 0.1) is 36.8 Å². The minimum atomic E-state index is -3.66. The van der Waals surface area contributed by atoms with Crippen molar-refractivity contribution in [2.45, 2.75) is 76.7 Å². The van der Waals surface area contributed by atoms with Gasteiger partial charge in [0.1, 0.15) is 0 Å². The highest BCUT2D eigenvalue weighted by Gasteiger charge is 2.29. The molecule has 8 heteroatoms. The van der Waals surface area contributed by atoms with Gasteiger partial charge in [-0.3, -0.25) is 4.79 Å². The van der Waals surface area contributed by atoms with Crippen molar-refractivity contribution in [2.75, 3.05) is 6.61 Å². The Morgan fingerprint density at radius 3 is 2.52 bits per heavy atom. The lowest BCUT2D eigenvalue weighted by molar-refractivity contribution is -0.137. The summed E-state index contributed by atoms with van der Waals surface area (Å²) < 4.78 is 34.1. The van der Waals surface area contributed by atoms with Crippen LogP contribution < -0.4 is 0 Å². The van der Waals surface area contributed by atoms with Gasteiger partial charge in [-0.1, -0.05) is 44.2 Å². The average Bonchev–Trinajstić information content (AvgIpc) is 3.36. The van der Waals surface area contributed by atoms with Crippen LogP contribution in [-0.2, 0) is 38.2 Å². The monoisotopic (exact) mass is 447 g/mol. The van der Waals surface area contributed by atoms with E-state index in [9.17, 15) is 13.2 Å². The van der Waals surface area contributed by atoms with Crippen molar-refractivity contribution < 1.29 is 17.9 Å². The molecule has 1 amide bonds. The van der Waals surface area contributed by atoms with Gasteiger partial charge in [-0.05, 0) is 32.3 Å². The van der Waals surface area contributed by atoms with Crippen LogP contribution in [0.3, 0.4) is 0 Å². The second kappa shape index (κ2) is 9.96. The number of hydrogen-bond acceptors (Lipinski definition) is 5. The molecule has 0 radical (unpaired) electrons. The number of carbonyl (C=O) groups is 1. The molecule has 1 aliphatic rings. The quantitative estimate of drug-likeness (QED) is 0.588. The number of benzene rings is 1. The van der Waals surface area contributed by atoms with E-state index >= 15 is 0 Å². The fourth-order valence-corrected chi connectivity index (χ4v) is 5.33. The predicted molar refractivity (Wildman–Crippen MR) is 119 cm³/mol. The second-order valence-corrected chi connectivity index (χ2v) is 10.6. The normalized spacial score (nSPS) is 16.9. The van der Waals surface area contributed by atoms with Gasteiger partial charge in [0.15, 0.2) is 0 Å². The Hall–Kier alpha value is -2.19. The van der Waals surface area contributed by atoms with Crippen LogP contribution in [0.5, 0.6) is 0 Å². The number of amides is 1. The number of nitrogens with zero attached hydrogens (tertiary/aromatic N) is 3. The van der Waals surface area contributed by atoms with E-state index in [1.165, 1.54) is 0 Å². The molecule has 0 spiro atoms. The largest absolute Gasteiger partial charge is 0.376 e. The van der Waals surface area contributed by atoms with Crippen molar-refractivity contribution in [2.24, 2.45) is 5.92 Å². The van der Waals surface area contributed by atoms with Gasteiger partial charge in [-0.2, -0.15) is 0 Å². The molecule has 0 bridgehead atoms. The fraction of sp³-hybridized carbons (Fsp3) is 0.565. The summed E-state index contributed by atoms with van der Waals surface area (Å²) in [6.07, 6.45) is 3.39. The number of sulfone groups is 1. The van der Waals surface area contributed by atoms with Crippen LogP contribution in [0.15, 0.2) is 41.7 Å². The third-order valence-electron chi connectivity index (χ3n) is 5.52. The molecular weight excluding hydrogens is 414 g/mol. The molecule has 1 fully saturated rings. The van der Waals surface area contributed by atoms with Gasteiger partial charge in [0.25, 0.3) is 0 Å². The minimum absolute atomic E-state index is 0.00893. The van der Waals surface area contributed by atoms with Crippen LogP contribution in [0.1, 0.15) is 51.8 Å². The first-order valence-corrected chi connectivity index (χ1v) is 12.6. The molecule has 0 N–H and O–H groups in total. The highest BCUT2D eigenvalue weighted by Crippen LogP contribution is 2.23. The Morgan fingerprint density at radius 1 is 1.23 bits per heavy atom. The molecule has 2 aromatic rings. The summed E-state index contributed by atoms with van der Waals surface area (Å²) in [5.74, 6) is -0.221. The molecule has 3 rings (SSSR count). The zero-order chi connectivity index (χ0) is 22.6. The molecule has 2 heterocycles. The molecule has 7 nitrogen and oxygen atoms in total. The average molecular weight is 448 g/mol. The number of imidazole rings is 1. The Kier molecular flexibility index (Phi) is 7.54. The zero-order valence-electron chi connectivity index (χ0n) is 18.8. The van der Waals surface area contributed by atoms with Gasteiger partial charge in [-0.25, -0.2) is 13.4 Å². The van der Waals surface area contributed by atoms with E-state index in [0.717, 1.165) is 18.4 Å². The predicted octanol–water partition coefficient (Wildman–Crippen LogP) is 3.43. The molecule has 1 aliphatic heterocycles. The van der Waals surface area contributed by atoms with Crippen molar-refractivity contribution in [3.8, 4) is 0 Å². The molecule has 1 aromatic carbocycles. The van der Waals surface area contributed by atoms with Gasteiger partial charge in [-0.15, -0.1) is 0 Å². The zero-order valence-corrected chi connectivity index (χ0v) is 19.6. The van der Waals surface area contributed by atoms with E-state index in [4.69, 9.17) is 4.74 Å². The Morgan fingerprint density at radius 2 is 1.94 bits per heavy atom. The molecule has 1 atom stereocenters. The van der Waals surface area contributed by atoms with Crippen LogP contribution in [0.2, 0.25) is 0 Å². The summed E-state index contributed by atoms with van der Waals surface area (Å²) in [5, 5.41) is 0.0440. The molecular formula is C23H33N3O4S. The molecule has 1 saturated heterocycles. The van der Waals surface area contributed by atoms with Crippen molar-refractivity contribution in [3.05, 3.63) is 47.8 Å². The van der Waals surface area contributed by atoms with Gasteiger partial charge >= 0.3 is 0 Å². The van der Waals surface area contributed by atoms with E-state index in [2.05, 4.69) is 4.98 Å². The topological polar surface area (TPSA) is 81.5 Å². The highest BCUT2D eigenvalue weighted by molar-refractivity contribution is 7.90. The standard InChI is InChI=1S/C23H33N3O4S/c1-17(2)22(27)25(18(3)4)14-20-13-24-23(26(20)15-21-11-8-12-30-21)31(28,29)16-19-9-6-5-7-10-19/h5-7,9-10,13,17-18,21H,8,11-12,14-16H2,1-4H3/t21-/m1/s1. The molecule has 170 valence electrons. The summed E-state index contributed by atoms with van der Waals surface area (Å²) in [4.78, 5) is 18.8.